The maximum absolute atomic E-state index is 12.4. The number of amides is 2. The molecule has 1 aliphatic heterocycles. The SMILES string of the molecule is CCCOc1ccc(OCC(=O)N2CCC(CNC(=O)OC(C)(C)C)CC2)cc1. The lowest BCUT2D eigenvalue weighted by Crippen LogP contribution is -2.43. The van der Waals surface area contributed by atoms with Gasteiger partial charge < -0.3 is 24.4 Å². The number of nitrogens with one attached hydrogen (secondary N) is 1. The summed E-state index contributed by atoms with van der Waals surface area (Å²) >= 11 is 0. The quantitative estimate of drug-likeness (QED) is 0.714. The highest BCUT2D eigenvalue weighted by atomic mass is 16.6. The Morgan fingerprint density at radius 2 is 1.66 bits per heavy atom. The predicted molar refractivity (Wildman–Crippen MR) is 111 cm³/mol. The third-order valence-electron chi connectivity index (χ3n) is 4.56. The minimum absolute atomic E-state index is 0.0186. The molecule has 1 aliphatic rings. The predicted octanol–water partition coefficient (Wildman–Crippen LogP) is 3.62. The van der Waals surface area contributed by atoms with Gasteiger partial charge >= 0.3 is 6.09 Å². The average molecular weight is 407 g/mol. The Labute approximate surface area is 173 Å². The molecule has 0 bridgehead atoms. The summed E-state index contributed by atoms with van der Waals surface area (Å²) in [6.45, 7) is 10.2. The second kappa shape index (κ2) is 10.9. The van der Waals surface area contributed by atoms with Gasteiger partial charge in [0.05, 0.1) is 6.61 Å². The molecule has 2 amide bonds. The Balaban J connectivity index is 1.66. The molecule has 0 spiro atoms. The van der Waals surface area contributed by atoms with Crippen molar-refractivity contribution in [2.45, 2.75) is 52.6 Å². The van der Waals surface area contributed by atoms with Crippen LogP contribution >= 0.6 is 0 Å². The molecule has 1 aromatic rings. The van der Waals surface area contributed by atoms with Gasteiger partial charge in [-0.05, 0) is 70.2 Å². The van der Waals surface area contributed by atoms with E-state index in [0.717, 1.165) is 25.0 Å². The van der Waals surface area contributed by atoms with Crippen LogP contribution in [0.2, 0.25) is 0 Å². The number of benzene rings is 1. The molecule has 1 N–H and O–H groups in total. The van der Waals surface area contributed by atoms with Crippen molar-refractivity contribution in [1.29, 1.82) is 0 Å². The van der Waals surface area contributed by atoms with Crippen molar-refractivity contribution in [2.75, 3.05) is 32.8 Å². The Bertz CT molecular complexity index is 646. The van der Waals surface area contributed by atoms with Crippen LogP contribution < -0.4 is 14.8 Å². The van der Waals surface area contributed by atoms with Crippen LogP contribution in [0.25, 0.3) is 0 Å². The highest BCUT2D eigenvalue weighted by Gasteiger charge is 2.24. The molecule has 0 saturated carbocycles. The molecule has 1 aromatic carbocycles. The van der Waals surface area contributed by atoms with Crippen molar-refractivity contribution in [3.05, 3.63) is 24.3 Å². The summed E-state index contributed by atoms with van der Waals surface area (Å²) in [6.07, 6.45) is 2.27. The van der Waals surface area contributed by atoms with Gasteiger partial charge in [-0.3, -0.25) is 4.79 Å². The van der Waals surface area contributed by atoms with Crippen LogP contribution in [0.3, 0.4) is 0 Å². The molecule has 2 rings (SSSR count). The number of carbonyl (C=O) groups is 2. The molecule has 7 heteroatoms. The average Bonchev–Trinajstić information content (AvgIpc) is 2.69. The number of hydrogen-bond acceptors (Lipinski definition) is 5. The van der Waals surface area contributed by atoms with E-state index >= 15 is 0 Å². The molecule has 1 saturated heterocycles. The zero-order chi connectivity index (χ0) is 21.3. The topological polar surface area (TPSA) is 77.1 Å². The third-order valence-corrected chi connectivity index (χ3v) is 4.56. The first-order valence-corrected chi connectivity index (χ1v) is 10.4. The number of hydrogen-bond donors (Lipinski definition) is 1. The maximum atomic E-state index is 12.4. The first-order chi connectivity index (χ1) is 13.8. The number of nitrogens with zero attached hydrogens (tertiary/aromatic N) is 1. The van der Waals surface area contributed by atoms with E-state index in [2.05, 4.69) is 12.2 Å². The van der Waals surface area contributed by atoms with Gasteiger partial charge in [0.15, 0.2) is 6.61 Å². The molecule has 0 aliphatic carbocycles. The summed E-state index contributed by atoms with van der Waals surface area (Å²) < 4.78 is 16.4. The molecular formula is C22H34N2O5. The second-order valence-electron chi connectivity index (χ2n) is 8.32. The lowest BCUT2D eigenvalue weighted by molar-refractivity contribution is -0.134. The standard InChI is InChI=1S/C22H34N2O5/c1-5-14-27-18-6-8-19(9-7-18)28-16-20(25)24-12-10-17(11-13-24)15-23-21(26)29-22(2,3)4/h6-9,17H,5,10-16H2,1-4H3,(H,23,26). The second-order valence-corrected chi connectivity index (χ2v) is 8.32. The van der Waals surface area contributed by atoms with Crippen molar-refractivity contribution in [2.24, 2.45) is 5.92 Å². The first-order valence-electron chi connectivity index (χ1n) is 10.4. The Hall–Kier alpha value is -2.44. The lowest BCUT2D eigenvalue weighted by atomic mass is 9.97. The van der Waals surface area contributed by atoms with E-state index in [1.807, 2.05) is 49.9 Å². The minimum atomic E-state index is -0.497. The van der Waals surface area contributed by atoms with Crippen LogP contribution in [0.4, 0.5) is 4.79 Å². The van der Waals surface area contributed by atoms with Gasteiger partial charge in [-0.2, -0.15) is 0 Å². The van der Waals surface area contributed by atoms with E-state index in [9.17, 15) is 9.59 Å². The summed E-state index contributed by atoms with van der Waals surface area (Å²) in [7, 11) is 0. The van der Waals surface area contributed by atoms with Gasteiger partial charge in [-0.25, -0.2) is 4.79 Å². The van der Waals surface area contributed by atoms with Crippen molar-refractivity contribution in [3.63, 3.8) is 0 Å². The van der Waals surface area contributed by atoms with Crippen LogP contribution in [0.15, 0.2) is 24.3 Å². The molecule has 1 fully saturated rings. The summed E-state index contributed by atoms with van der Waals surface area (Å²) in [5.74, 6) is 1.78. The Morgan fingerprint density at radius 1 is 1.07 bits per heavy atom. The van der Waals surface area contributed by atoms with Crippen LogP contribution in [-0.4, -0.2) is 55.3 Å². The zero-order valence-corrected chi connectivity index (χ0v) is 18.0. The monoisotopic (exact) mass is 406 g/mol. The highest BCUT2D eigenvalue weighted by molar-refractivity contribution is 5.77. The third kappa shape index (κ3) is 8.62. The molecule has 0 aromatic heterocycles. The van der Waals surface area contributed by atoms with Crippen molar-refractivity contribution in [3.8, 4) is 11.5 Å². The van der Waals surface area contributed by atoms with E-state index in [0.29, 0.717) is 37.9 Å². The molecule has 29 heavy (non-hydrogen) atoms. The molecule has 1 heterocycles. The van der Waals surface area contributed by atoms with Gasteiger partial charge in [0.2, 0.25) is 0 Å². The molecular weight excluding hydrogens is 372 g/mol. The molecule has 0 radical (unpaired) electrons. The zero-order valence-electron chi connectivity index (χ0n) is 18.0. The van der Waals surface area contributed by atoms with E-state index in [-0.39, 0.29) is 12.5 Å². The summed E-state index contributed by atoms with van der Waals surface area (Å²) in [6, 6.07) is 7.32. The molecule has 7 nitrogen and oxygen atoms in total. The van der Waals surface area contributed by atoms with Crippen LogP contribution in [-0.2, 0) is 9.53 Å². The normalized spacial score (nSPS) is 15.0. The van der Waals surface area contributed by atoms with E-state index in [4.69, 9.17) is 14.2 Å². The van der Waals surface area contributed by atoms with E-state index in [1.54, 1.807) is 0 Å². The number of ether oxygens (including phenoxy) is 3. The lowest BCUT2D eigenvalue weighted by Gasteiger charge is -2.32. The van der Waals surface area contributed by atoms with Crippen molar-refractivity contribution < 1.29 is 23.8 Å². The summed E-state index contributed by atoms with van der Waals surface area (Å²) in [5, 5.41) is 2.82. The molecule has 162 valence electrons. The fourth-order valence-corrected chi connectivity index (χ4v) is 3.02. The van der Waals surface area contributed by atoms with Gasteiger partial charge in [0.25, 0.3) is 5.91 Å². The van der Waals surface area contributed by atoms with E-state index < -0.39 is 11.7 Å². The van der Waals surface area contributed by atoms with Crippen molar-refractivity contribution in [1.82, 2.24) is 10.2 Å². The van der Waals surface area contributed by atoms with Gasteiger partial charge in [0, 0.05) is 19.6 Å². The fourth-order valence-electron chi connectivity index (χ4n) is 3.02. The number of rotatable bonds is 8. The van der Waals surface area contributed by atoms with Gasteiger partial charge in [-0.15, -0.1) is 0 Å². The fraction of sp³-hybridized carbons (Fsp3) is 0.636. The smallest absolute Gasteiger partial charge is 0.407 e. The van der Waals surface area contributed by atoms with Crippen molar-refractivity contribution >= 4 is 12.0 Å². The first kappa shape index (κ1) is 22.8. The van der Waals surface area contributed by atoms with Gasteiger partial charge in [0.1, 0.15) is 17.1 Å². The van der Waals surface area contributed by atoms with Crippen LogP contribution in [0, 0.1) is 5.92 Å². The Morgan fingerprint density at radius 3 is 2.21 bits per heavy atom. The van der Waals surface area contributed by atoms with Gasteiger partial charge in [-0.1, -0.05) is 6.92 Å². The minimum Gasteiger partial charge on any atom is -0.494 e. The largest absolute Gasteiger partial charge is 0.494 e. The Kier molecular flexibility index (Phi) is 8.61. The molecule has 0 unspecified atom stereocenters. The number of alkyl carbamates (subject to hydrolysis) is 1. The highest BCUT2D eigenvalue weighted by Crippen LogP contribution is 2.19. The molecule has 0 atom stereocenters. The number of likely N-dealkylation sites (tertiary alicyclic amines) is 1. The summed E-state index contributed by atoms with van der Waals surface area (Å²) in [5.41, 5.74) is -0.497. The maximum Gasteiger partial charge on any atom is 0.407 e. The van der Waals surface area contributed by atoms with E-state index in [1.165, 1.54) is 0 Å². The van der Waals surface area contributed by atoms with Crippen LogP contribution in [0.5, 0.6) is 11.5 Å². The summed E-state index contributed by atoms with van der Waals surface area (Å²) in [4.78, 5) is 26.0. The van der Waals surface area contributed by atoms with Crippen LogP contribution in [0.1, 0.15) is 47.0 Å². The number of piperidine rings is 1. The number of carbonyl (C=O) groups excluding carboxylic acids is 2.